The van der Waals surface area contributed by atoms with Crippen molar-refractivity contribution in [2.75, 3.05) is 18.8 Å². The van der Waals surface area contributed by atoms with Crippen LogP contribution >= 0.6 is 23.2 Å². The number of anilines is 1. The molecular weight excluding hydrogens is 554 g/mol. The van der Waals surface area contributed by atoms with E-state index in [1.807, 2.05) is 4.72 Å². The van der Waals surface area contributed by atoms with Crippen molar-refractivity contribution in [2.45, 2.75) is 11.1 Å². The summed E-state index contributed by atoms with van der Waals surface area (Å²) in [7, 11) is -1.52. The van der Waals surface area contributed by atoms with Gasteiger partial charge in [0, 0.05) is 14.1 Å². The number of rotatable bonds is 6. The van der Waals surface area contributed by atoms with Crippen LogP contribution in [0.25, 0.3) is 5.69 Å². The second kappa shape index (κ2) is 9.92. The zero-order valence-corrected chi connectivity index (χ0v) is 20.4. The molecule has 0 bridgehead atoms. The fraction of sp³-hybridized carbons (Fsp3) is 0.150. The minimum Gasteiger partial charge on any atom is -0.369 e. The summed E-state index contributed by atoms with van der Waals surface area (Å²) in [5, 5.41) is 12.4. The van der Waals surface area contributed by atoms with Gasteiger partial charge in [-0.1, -0.05) is 23.2 Å². The van der Waals surface area contributed by atoms with Gasteiger partial charge >= 0.3 is 6.18 Å². The van der Waals surface area contributed by atoms with Gasteiger partial charge in [0.25, 0.3) is 10.0 Å². The van der Waals surface area contributed by atoms with Gasteiger partial charge in [-0.3, -0.25) is 4.72 Å². The van der Waals surface area contributed by atoms with Gasteiger partial charge in [0.2, 0.25) is 0 Å². The molecule has 0 spiro atoms. The molecule has 0 fully saturated rings. The second-order valence-corrected chi connectivity index (χ2v) is 9.74. The highest BCUT2D eigenvalue weighted by molar-refractivity contribution is 7.92. The molecule has 36 heavy (non-hydrogen) atoms. The van der Waals surface area contributed by atoms with Crippen LogP contribution in [0.3, 0.4) is 0 Å². The molecule has 0 atom stereocenters. The highest BCUT2D eigenvalue weighted by Crippen LogP contribution is 2.41. The van der Waals surface area contributed by atoms with Crippen molar-refractivity contribution in [1.82, 2.24) is 14.7 Å². The Hall–Kier alpha value is -3.41. The first-order chi connectivity index (χ1) is 16.7. The molecule has 1 heterocycles. The van der Waals surface area contributed by atoms with Crippen molar-refractivity contribution in [3.63, 3.8) is 0 Å². The van der Waals surface area contributed by atoms with Crippen LogP contribution in [0.15, 0.2) is 40.2 Å². The predicted molar refractivity (Wildman–Crippen MR) is 122 cm³/mol. The number of halogens is 7. The third-order valence-corrected chi connectivity index (χ3v) is 6.30. The number of nitrogens with one attached hydrogen (secondary N) is 1. The van der Waals surface area contributed by atoms with Crippen LogP contribution in [0.1, 0.15) is 11.3 Å². The molecule has 190 valence electrons. The summed E-state index contributed by atoms with van der Waals surface area (Å²) < 4.78 is 94.9. The average Bonchev–Trinajstić information content (AvgIpc) is 3.09. The zero-order valence-electron chi connectivity index (χ0n) is 18.1. The van der Waals surface area contributed by atoms with Crippen molar-refractivity contribution >= 4 is 51.1 Å². The van der Waals surface area contributed by atoms with E-state index in [1.165, 1.54) is 11.2 Å². The van der Waals surface area contributed by atoms with E-state index in [4.69, 9.17) is 23.2 Å². The van der Waals surface area contributed by atoms with Gasteiger partial charge in [-0.05, 0) is 30.3 Å². The lowest BCUT2D eigenvalue weighted by Gasteiger charge is -2.14. The third kappa shape index (κ3) is 5.53. The highest BCUT2D eigenvalue weighted by atomic mass is 35.5. The molecule has 0 aliphatic carbocycles. The zero-order chi connectivity index (χ0) is 27.0. The summed E-state index contributed by atoms with van der Waals surface area (Å²) in [5.74, 6) is -3.12. The SMILES string of the molecule is CN(C)/C=N/c1c(NS(=O)(=O)c2ccc(F)c(F)c2)c(C#N)nn1-c1c(Cl)cc(C(F)(F)F)cc1Cl. The van der Waals surface area contributed by atoms with E-state index in [0.29, 0.717) is 24.3 Å². The molecule has 8 nitrogen and oxygen atoms in total. The summed E-state index contributed by atoms with van der Waals surface area (Å²) in [6, 6.07) is 4.56. The maximum absolute atomic E-state index is 13.6. The molecule has 0 unspecified atom stereocenters. The average molecular weight is 567 g/mol. The quantitative estimate of drug-likeness (QED) is 0.245. The van der Waals surface area contributed by atoms with Crippen LogP contribution in [0, 0.1) is 23.0 Å². The van der Waals surface area contributed by atoms with Crippen LogP contribution in [0.2, 0.25) is 10.0 Å². The summed E-state index contributed by atoms with van der Waals surface area (Å²) in [6.07, 6.45) is -3.60. The fourth-order valence-electron chi connectivity index (χ4n) is 2.80. The molecule has 2 aromatic carbocycles. The molecule has 0 amide bonds. The van der Waals surface area contributed by atoms with Crippen molar-refractivity contribution in [1.29, 1.82) is 5.26 Å². The van der Waals surface area contributed by atoms with E-state index in [1.54, 1.807) is 20.2 Å². The first-order valence-electron chi connectivity index (χ1n) is 9.44. The first kappa shape index (κ1) is 27.2. The van der Waals surface area contributed by atoms with Gasteiger partial charge in [0.15, 0.2) is 23.1 Å². The fourth-order valence-corrected chi connectivity index (χ4v) is 4.52. The van der Waals surface area contributed by atoms with Gasteiger partial charge in [0.1, 0.15) is 17.4 Å². The summed E-state index contributed by atoms with van der Waals surface area (Å²) in [5.41, 5.74) is -2.58. The lowest BCUT2D eigenvalue weighted by atomic mass is 10.2. The molecule has 1 N–H and O–H groups in total. The number of hydrogen-bond donors (Lipinski definition) is 1. The number of sulfonamides is 1. The second-order valence-electron chi connectivity index (χ2n) is 7.25. The molecule has 3 rings (SSSR count). The summed E-state index contributed by atoms with van der Waals surface area (Å²) >= 11 is 12.1. The molecule has 0 aliphatic rings. The van der Waals surface area contributed by atoms with Crippen LogP contribution < -0.4 is 4.72 Å². The van der Waals surface area contributed by atoms with E-state index in [9.17, 15) is 35.6 Å². The molecule has 3 aromatic rings. The largest absolute Gasteiger partial charge is 0.416 e. The maximum atomic E-state index is 13.6. The van der Waals surface area contributed by atoms with Crippen molar-refractivity contribution in [2.24, 2.45) is 4.99 Å². The Labute approximate surface area is 211 Å². The van der Waals surface area contributed by atoms with E-state index in [-0.39, 0.29) is 5.69 Å². The minimum atomic E-state index is -4.77. The number of aliphatic imine (C=N–C) groups is 1. The molecule has 0 saturated heterocycles. The van der Waals surface area contributed by atoms with E-state index >= 15 is 0 Å². The molecule has 0 aliphatic heterocycles. The van der Waals surface area contributed by atoms with Gasteiger partial charge < -0.3 is 4.90 Å². The summed E-state index contributed by atoms with van der Waals surface area (Å²) in [4.78, 5) is 4.80. The minimum absolute atomic E-state index is 0.327. The Kier molecular flexibility index (Phi) is 7.49. The standard InChI is InChI=1S/C20H13Cl2F5N6O2S/c1-32(2)9-29-19-17(31-36(34,35)11-3-4-14(23)15(24)7-11)16(8-28)30-33(19)18-12(21)5-10(6-13(18)22)20(25,26)27/h3-7,9,31H,1-2H3/b29-9+. The van der Waals surface area contributed by atoms with Crippen LogP contribution in [-0.4, -0.2) is 43.5 Å². The van der Waals surface area contributed by atoms with Gasteiger partial charge in [-0.25, -0.2) is 26.9 Å². The van der Waals surface area contributed by atoms with E-state index in [0.717, 1.165) is 10.7 Å². The molecular formula is C20H13Cl2F5N6O2S. The first-order valence-corrected chi connectivity index (χ1v) is 11.7. The number of nitriles is 1. The van der Waals surface area contributed by atoms with Crippen LogP contribution in [0.5, 0.6) is 0 Å². The van der Waals surface area contributed by atoms with Crippen LogP contribution in [0.4, 0.5) is 33.5 Å². The normalized spacial score (nSPS) is 12.1. The van der Waals surface area contributed by atoms with Crippen LogP contribution in [-0.2, 0) is 16.2 Å². The Morgan fingerprint density at radius 1 is 1.14 bits per heavy atom. The van der Waals surface area contributed by atoms with Crippen molar-refractivity contribution in [3.05, 3.63) is 63.3 Å². The maximum Gasteiger partial charge on any atom is 0.416 e. The van der Waals surface area contributed by atoms with Gasteiger partial charge in [-0.15, -0.1) is 0 Å². The Balaban J connectivity index is 2.26. The van der Waals surface area contributed by atoms with E-state index in [2.05, 4.69) is 10.1 Å². The lowest BCUT2D eigenvalue weighted by molar-refractivity contribution is -0.137. The molecule has 1 aromatic heterocycles. The number of nitrogens with zero attached hydrogens (tertiary/aromatic N) is 5. The smallest absolute Gasteiger partial charge is 0.369 e. The number of benzene rings is 2. The number of alkyl halides is 3. The topological polar surface area (TPSA) is 103 Å². The Bertz CT molecular complexity index is 1490. The Morgan fingerprint density at radius 3 is 2.25 bits per heavy atom. The highest BCUT2D eigenvalue weighted by Gasteiger charge is 2.33. The van der Waals surface area contributed by atoms with Gasteiger partial charge in [0.05, 0.1) is 26.8 Å². The van der Waals surface area contributed by atoms with Crippen molar-refractivity contribution < 1.29 is 30.4 Å². The molecule has 0 radical (unpaired) electrons. The number of aromatic nitrogens is 2. The molecule has 16 heteroatoms. The Morgan fingerprint density at radius 2 is 1.75 bits per heavy atom. The van der Waals surface area contributed by atoms with E-state index < -0.39 is 65.5 Å². The monoisotopic (exact) mass is 566 g/mol. The number of hydrogen-bond acceptors (Lipinski definition) is 5. The summed E-state index contributed by atoms with van der Waals surface area (Å²) in [6.45, 7) is 0. The lowest BCUT2D eigenvalue weighted by Crippen LogP contribution is -2.14. The van der Waals surface area contributed by atoms with Crippen molar-refractivity contribution in [3.8, 4) is 11.8 Å². The predicted octanol–water partition coefficient (Wildman–Crippen LogP) is 5.37. The molecule has 0 saturated carbocycles. The third-order valence-electron chi connectivity index (χ3n) is 4.37. The van der Waals surface area contributed by atoms with Gasteiger partial charge in [-0.2, -0.15) is 23.5 Å².